The fourth-order valence-electron chi connectivity index (χ4n) is 1.38. The van der Waals surface area contributed by atoms with Gasteiger partial charge >= 0.3 is 0 Å². The first kappa shape index (κ1) is 12.8. The smallest absolute Gasteiger partial charge is 0.184 e. The van der Waals surface area contributed by atoms with Crippen molar-refractivity contribution in [1.82, 2.24) is 0 Å². The van der Waals surface area contributed by atoms with E-state index in [-0.39, 0.29) is 10.6 Å². The number of rotatable bonds is 4. The Balaban J connectivity index is 3.29. The molecule has 0 atom stereocenters. The molecule has 1 aromatic carbocycles. The SMILES string of the molecule is COc1ccc(C(OC)OC)c(Cl)c1C#N. The number of nitriles is 1. The molecule has 0 aliphatic carbocycles. The predicted molar refractivity (Wildman–Crippen MR) is 59.5 cm³/mol. The Bertz CT molecular complexity index is 410. The standard InChI is InChI=1S/C11H12ClNO3/c1-14-9-5-4-7(11(15-2)16-3)10(12)8(9)6-13/h4-5,11H,1-3H3. The molecule has 16 heavy (non-hydrogen) atoms. The lowest BCUT2D eigenvalue weighted by Crippen LogP contribution is -2.05. The molecular weight excluding hydrogens is 230 g/mol. The van der Waals surface area contributed by atoms with Crippen molar-refractivity contribution in [2.45, 2.75) is 6.29 Å². The van der Waals surface area contributed by atoms with E-state index in [4.69, 9.17) is 31.1 Å². The van der Waals surface area contributed by atoms with E-state index in [1.807, 2.05) is 6.07 Å². The van der Waals surface area contributed by atoms with E-state index in [1.54, 1.807) is 12.1 Å². The molecule has 0 saturated carbocycles. The Morgan fingerprint density at radius 2 is 1.88 bits per heavy atom. The van der Waals surface area contributed by atoms with Crippen LogP contribution in [-0.4, -0.2) is 21.3 Å². The van der Waals surface area contributed by atoms with Crippen LogP contribution in [0.25, 0.3) is 0 Å². The first-order valence-corrected chi connectivity index (χ1v) is 4.89. The van der Waals surface area contributed by atoms with Gasteiger partial charge in [0.05, 0.1) is 12.1 Å². The molecule has 1 rings (SSSR count). The van der Waals surface area contributed by atoms with Gasteiger partial charge in [-0.15, -0.1) is 0 Å². The molecular formula is C11H12ClNO3. The Morgan fingerprint density at radius 3 is 2.31 bits per heavy atom. The number of nitrogens with zero attached hydrogens (tertiary/aromatic N) is 1. The first-order valence-electron chi connectivity index (χ1n) is 4.51. The minimum atomic E-state index is -0.592. The molecule has 0 spiro atoms. The molecule has 0 aliphatic rings. The summed E-state index contributed by atoms with van der Waals surface area (Å²) in [6.07, 6.45) is -0.592. The number of benzene rings is 1. The molecule has 0 aromatic heterocycles. The lowest BCUT2D eigenvalue weighted by molar-refractivity contribution is -0.105. The van der Waals surface area contributed by atoms with Gasteiger partial charge in [-0.2, -0.15) is 5.26 Å². The molecule has 0 radical (unpaired) electrons. The quantitative estimate of drug-likeness (QED) is 0.760. The van der Waals surface area contributed by atoms with E-state index in [0.717, 1.165) is 0 Å². The number of halogens is 1. The Labute approximate surface area is 99.3 Å². The fourth-order valence-corrected chi connectivity index (χ4v) is 1.67. The van der Waals surface area contributed by atoms with Crippen molar-refractivity contribution >= 4 is 11.6 Å². The van der Waals surface area contributed by atoms with Crippen LogP contribution < -0.4 is 4.74 Å². The second-order valence-electron chi connectivity index (χ2n) is 2.96. The Morgan fingerprint density at radius 1 is 1.25 bits per heavy atom. The normalized spacial score (nSPS) is 10.2. The van der Waals surface area contributed by atoms with Crippen LogP contribution in [0.3, 0.4) is 0 Å². The van der Waals surface area contributed by atoms with Gasteiger partial charge in [-0.1, -0.05) is 11.6 Å². The zero-order valence-electron chi connectivity index (χ0n) is 9.28. The van der Waals surface area contributed by atoms with Gasteiger partial charge in [-0.05, 0) is 12.1 Å². The summed E-state index contributed by atoms with van der Waals surface area (Å²) in [6.45, 7) is 0. The highest BCUT2D eigenvalue weighted by molar-refractivity contribution is 6.32. The van der Waals surface area contributed by atoms with Crippen LogP contribution in [0.1, 0.15) is 17.4 Å². The molecule has 86 valence electrons. The van der Waals surface area contributed by atoms with E-state index in [0.29, 0.717) is 11.3 Å². The summed E-state index contributed by atoms with van der Waals surface area (Å²) in [7, 11) is 4.48. The minimum Gasteiger partial charge on any atom is -0.495 e. The van der Waals surface area contributed by atoms with Gasteiger partial charge in [0.25, 0.3) is 0 Å². The van der Waals surface area contributed by atoms with Crippen LogP contribution >= 0.6 is 11.6 Å². The van der Waals surface area contributed by atoms with Crippen LogP contribution in [0.4, 0.5) is 0 Å². The van der Waals surface area contributed by atoms with Gasteiger partial charge in [-0.25, -0.2) is 0 Å². The fraction of sp³-hybridized carbons (Fsp3) is 0.364. The number of hydrogen-bond acceptors (Lipinski definition) is 4. The third kappa shape index (κ3) is 2.27. The molecule has 1 aromatic rings. The highest BCUT2D eigenvalue weighted by atomic mass is 35.5. The van der Waals surface area contributed by atoms with Crippen LogP contribution in [-0.2, 0) is 9.47 Å². The highest BCUT2D eigenvalue weighted by Crippen LogP contribution is 2.33. The van der Waals surface area contributed by atoms with Gasteiger partial charge < -0.3 is 14.2 Å². The summed E-state index contributed by atoms with van der Waals surface area (Å²) in [5.74, 6) is 0.433. The molecule has 0 saturated heterocycles. The first-order chi connectivity index (χ1) is 7.69. The summed E-state index contributed by atoms with van der Waals surface area (Å²) in [5, 5.41) is 9.27. The van der Waals surface area contributed by atoms with E-state index < -0.39 is 6.29 Å². The molecule has 0 amide bonds. The number of ether oxygens (including phenoxy) is 3. The molecule has 0 aliphatic heterocycles. The van der Waals surface area contributed by atoms with Crippen molar-refractivity contribution in [1.29, 1.82) is 5.26 Å². The van der Waals surface area contributed by atoms with Crippen molar-refractivity contribution < 1.29 is 14.2 Å². The zero-order chi connectivity index (χ0) is 12.1. The molecule has 0 N–H and O–H groups in total. The van der Waals surface area contributed by atoms with Crippen LogP contribution in [0.15, 0.2) is 12.1 Å². The van der Waals surface area contributed by atoms with Gasteiger partial charge in [0.15, 0.2) is 6.29 Å². The largest absolute Gasteiger partial charge is 0.495 e. The summed E-state index contributed by atoms with van der Waals surface area (Å²) in [6, 6.07) is 5.36. The van der Waals surface area contributed by atoms with Gasteiger partial charge in [0.1, 0.15) is 17.4 Å². The third-order valence-electron chi connectivity index (χ3n) is 2.15. The lowest BCUT2D eigenvalue weighted by atomic mass is 10.1. The number of methoxy groups -OCH3 is 3. The van der Waals surface area contributed by atoms with E-state index >= 15 is 0 Å². The summed E-state index contributed by atoms with van der Waals surface area (Å²) >= 11 is 6.08. The lowest BCUT2D eigenvalue weighted by Gasteiger charge is -2.16. The van der Waals surface area contributed by atoms with Gasteiger partial charge in [-0.3, -0.25) is 0 Å². The van der Waals surface area contributed by atoms with Crippen molar-refractivity contribution in [3.8, 4) is 11.8 Å². The van der Waals surface area contributed by atoms with Gasteiger partial charge in [0.2, 0.25) is 0 Å². The van der Waals surface area contributed by atoms with E-state index in [2.05, 4.69) is 0 Å². The maximum atomic E-state index is 8.99. The topological polar surface area (TPSA) is 51.5 Å². The van der Waals surface area contributed by atoms with Crippen molar-refractivity contribution in [2.75, 3.05) is 21.3 Å². The van der Waals surface area contributed by atoms with Crippen molar-refractivity contribution in [3.63, 3.8) is 0 Å². The number of hydrogen-bond donors (Lipinski definition) is 0. The molecule has 0 heterocycles. The third-order valence-corrected chi connectivity index (χ3v) is 2.55. The molecule has 0 bridgehead atoms. The average molecular weight is 242 g/mol. The zero-order valence-corrected chi connectivity index (χ0v) is 10.0. The van der Waals surface area contributed by atoms with Crippen molar-refractivity contribution in [2.24, 2.45) is 0 Å². The van der Waals surface area contributed by atoms with Crippen LogP contribution in [0.5, 0.6) is 5.75 Å². The summed E-state index contributed by atoms with van der Waals surface area (Å²) in [4.78, 5) is 0. The Hall–Kier alpha value is -1.28. The van der Waals surface area contributed by atoms with E-state index in [1.165, 1.54) is 21.3 Å². The summed E-state index contributed by atoms with van der Waals surface area (Å²) in [5.41, 5.74) is 0.879. The second-order valence-corrected chi connectivity index (χ2v) is 3.34. The monoisotopic (exact) mass is 241 g/mol. The summed E-state index contributed by atoms with van der Waals surface area (Å²) < 4.78 is 15.2. The predicted octanol–water partition coefficient (Wildman–Crippen LogP) is 2.51. The van der Waals surface area contributed by atoms with Crippen LogP contribution in [0.2, 0.25) is 5.02 Å². The molecule has 0 unspecified atom stereocenters. The average Bonchev–Trinajstić information content (AvgIpc) is 2.32. The Kier molecular flexibility index (Phi) is 4.56. The molecule has 4 nitrogen and oxygen atoms in total. The minimum absolute atomic E-state index is 0.278. The van der Waals surface area contributed by atoms with Crippen LogP contribution in [0, 0.1) is 11.3 Å². The maximum absolute atomic E-state index is 8.99. The van der Waals surface area contributed by atoms with E-state index in [9.17, 15) is 0 Å². The molecule has 5 heteroatoms. The molecule has 0 fully saturated rings. The van der Waals surface area contributed by atoms with Crippen molar-refractivity contribution in [3.05, 3.63) is 28.3 Å². The van der Waals surface area contributed by atoms with Gasteiger partial charge in [0, 0.05) is 19.8 Å². The highest BCUT2D eigenvalue weighted by Gasteiger charge is 2.18. The second kappa shape index (κ2) is 5.71. The maximum Gasteiger partial charge on any atom is 0.184 e.